The minimum absolute atomic E-state index is 0.0111. The maximum atomic E-state index is 6.75. The van der Waals surface area contributed by atoms with Crippen LogP contribution in [0.15, 0.2) is 158 Å². The van der Waals surface area contributed by atoms with Crippen molar-refractivity contribution in [3.8, 4) is 67.4 Å². The molecule has 7 aromatic rings. The molecule has 0 aliphatic heterocycles. The minimum Gasteiger partial charge on any atom is -0.457 e. The molecule has 0 aliphatic rings. The van der Waals surface area contributed by atoms with Crippen LogP contribution in [0.1, 0.15) is 25.0 Å². The molecule has 276 valence electrons. The fourth-order valence-electron chi connectivity index (χ4n) is 7.10. The summed E-state index contributed by atoms with van der Waals surface area (Å²) in [6.45, 7) is 19.3. The molecule has 5 heteroatoms. The third-order valence-corrected chi connectivity index (χ3v) is 16.5. The highest BCUT2D eigenvalue weighted by molar-refractivity contribution is 6.78. The summed E-state index contributed by atoms with van der Waals surface area (Å²) < 4.78 is 6.75. The van der Waals surface area contributed by atoms with Crippen LogP contribution in [0.2, 0.25) is 39.3 Å². The molecule has 3 nitrogen and oxygen atoms in total. The molecule has 2 heterocycles. The second-order valence-electron chi connectivity index (χ2n) is 17.4. The summed E-state index contributed by atoms with van der Waals surface area (Å²) in [5.41, 5.74) is 13.6. The second-order valence-corrected chi connectivity index (χ2v) is 28.7. The Morgan fingerprint density at radius 3 is 1.73 bits per heavy atom. The number of rotatable bonds is 11. The van der Waals surface area contributed by atoms with Gasteiger partial charge in [0.1, 0.15) is 11.5 Å². The van der Waals surface area contributed by atoms with E-state index in [1.807, 2.05) is 18.5 Å². The van der Waals surface area contributed by atoms with Gasteiger partial charge in [0, 0.05) is 37.2 Å². The summed E-state index contributed by atoms with van der Waals surface area (Å²) in [6, 6.07) is 52.8. The number of nitrogens with zero attached hydrogens (tertiary/aromatic N) is 2. The molecule has 0 unspecified atom stereocenters. The summed E-state index contributed by atoms with van der Waals surface area (Å²) in [7, 11) is -2.91. The maximum absolute atomic E-state index is 6.75. The Balaban J connectivity index is 1.28. The van der Waals surface area contributed by atoms with Crippen molar-refractivity contribution >= 4 is 16.1 Å². The largest absolute Gasteiger partial charge is 0.457 e. The molecule has 0 amide bonds. The smallest absolute Gasteiger partial charge is 0.128 e. The fourth-order valence-corrected chi connectivity index (χ4v) is 9.56. The first kappa shape index (κ1) is 37.9. The normalized spacial score (nSPS) is 12.1. The van der Waals surface area contributed by atoms with E-state index >= 15 is 0 Å². The molecule has 0 radical (unpaired) electrons. The van der Waals surface area contributed by atoms with Crippen molar-refractivity contribution in [3.05, 3.63) is 169 Å². The highest BCUT2D eigenvalue weighted by Gasteiger charge is 2.37. The number of hydrogen-bond donors (Lipinski definition) is 0. The van der Waals surface area contributed by atoms with Crippen LogP contribution in [-0.2, 0) is 11.1 Å². The van der Waals surface area contributed by atoms with Gasteiger partial charge in [0.25, 0.3) is 0 Å². The topological polar surface area (TPSA) is 35.0 Å². The van der Waals surface area contributed by atoms with E-state index in [1.165, 1.54) is 38.9 Å². The maximum Gasteiger partial charge on any atom is 0.128 e. The van der Waals surface area contributed by atoms with Crippen LogP contribution in [-0.4, -0.2) is 26.1 Å². The molecule has 0 spiro atoms. The lowest BCUT2D eigenvalue weighted by molar-refractivity contribution is 0.481. The van der Waals surface area contributed by atoms with Gasteiger partial charge in [0.15, 0.2) is 0 Å². The Labute approximate surface area is 330 Å². The first-order chi connectivity index (χ1) is 26.2. The molecular formula is C50H52N2OSi2. The van der Waals surface area contributed by atoms with E-state index in [2.05, 4.69) is 193 Å². The zero-order valence-corrected chi connectivity index (χ0v) is 35.5. The Morgan fingerprint density at radius 1 is 0.509 bits per heavy atom. The summed E-state index contributed by atoms with van der Waals surface area (Å²) in [4.78, 5) is 9.91. The van der Waals surface area contributed by atoms with Gasteiger partial charge in [-0.15, -0.1) is 0 Å². The number of hydrogen-bond acceptors (Lipinski definition) is 3. The zero-order valence-electron chi connectivity index (χ0n) is 33.5. The molecule has 0 aliphatic carbocycles. The van der Waals surface area contributed by atoms with Crippen molar-refractivity contribution in [3.63, 3.8) is 0 Å². The molecule has 0 fully saturated rings. The average Bonchev–Trinajstić information content (AvgIpc) is 3.17. The van der Waals surface area contributed by atoms with Crippen LogP contribution in [0.4, 0.5) is 0 Å². The predicted molar refractivity (Wildman–Crippen MR) is 239 cm³/mol. The van der Waals surface area contributed by atoms with Crippen LogP contribution >= 0.6 is 0 Å². The number of aromatic nitrogens is 2. The molecule has 2 aromatic heterocycles. The summed E-state index contributed by atoms with van der Waals surface area (Å²) in [5, 5.41) is -0.0111. The average molecular weight is 753 g/mol. The van der Waals surface area contributed by atoms with E-state index < -0.39 is 16.1 Å². The Hall–Kier alpha value is -5.37. The van der Waals surface area contributed by atoms with E-state index in [9.17, 15) is 0 Å². The third kappa shape index (κ3) is 8.64. The summed E-state index contributed by atoms with van der Waals surface area (Å²) in [6.07, 6.45) is 3.97. The van der Waals surface area contributed by atoms with Crippen LogP contribution < -0.4 is 4.74 Å². The Morgan fingerprint density at radius 2 is 1.13 bits per heavy atom. The first-order valence-corrected chi connectivity index (χ1v) is 26.6. The highest BCUT2D eigenvalue weighted by atomic mass is 28.3. The molecule has 7 rings (SSSR count). The minimum atomic E-state index is -1.65. The predicted octanol–water partition coefficient (Wildman–Crippen LogP) is 14.2. The second kappa shape index (κ2) is 15.4. The van der Waals surface area contributed by atoms with Crippen LogP contribution in [0, 0.1) is 0 Å². The lowest BCUT2D eigenvalue weighted by atomic mass is 9.88. The Kier molecular flexibility index (Phi) is 10.6. The molecule has 0 atom stereocenters. The molecule has 0 saturated carbocycles. The number of pyridine rings is 2. The Bertz CT molecular complexity index is 2350. The first-order valence-electron chi connectivity index (χ1n) is 19.3. The van der Waals surface area contributed by atoms with Crippen molar-refractivity contribution in [2.75, 3.05) is 0 Å². The van der Waals surface area contributed by atoms with Crippen molar-refractivity contribution < 1.29 is 4.74 Å². The van der Waals surface area contributed by atoms with E-state index in [0.717, 1.165) is 45.6 Å². The molecule has 0 saturated heterocycles. The van der Waals surface area contributed by atoms with Gasteiger partial charge in [-0.25, -0.2) is 0 Å². The summed E-state index contributed by atoms with van der Waals surface area (Å²) >= 11 is 0. The van der Waals surface area contributed by atoms with Gasteiger partial charge >= 0.3 is 0 Å². The third-order valence-electron chi connectivity index (χ3n) is 11.0. The van der Waals surface area contributed by atoms with Crippen LogP contribution in [0.3, 0.4) is 0 Å². The molecule has 0 N–H and O–H groups in total. The van der Waals surface area contributed by atoms with E-state index in [1.54, 1.807) is 0 Å². The zero-order chi connectivity index (χ0) is 38.8. The molecule has 5 aromatic carbocycles. The van der Waals surface area contributed by atoms with E-state index in [4.69, 9.17) is 14.7 Å². The quantitative estimate of drug-likeness (QED) is 0.123. The van der Waals surface area contributed by atoms with Crippen molar-refractivity contribution in [2.24, 2.45) is 0 Å². The monoisotopic (exact) mass is 752 g/mol. The lowest BCUT2D eigenvalue weighted by Crippen LogP contribution is -2.44. The fraction of sp³-hybridized carbons (Fsp3) is 0.200. The standard InChI is InChI=1S/C50H52N2OSi2/c1-50(2,55(6,7)8)42-30-41(32-44(33-42)53-43-22-15-21-39(31-43)48-29-36(27-28-51-48)35-54(3,4)5)47-26-25-40(34-52-47)49-45(37-17-11-9-12-18-37)23-16-24-46(49)38-19-13-10-14-20-38/h9-34H,35H2,1-8H3. The molecular weight excluding hydrogens is 701 g/mol. The number of benzene rings is 5. The van der Waals surface area contributed by atoms with Gasteiger partial charge in [-0.3, -0.25) is 9.97 Å². The van der Waals surface area contributed by atoms with E-state index in [-0.39, 0.29) is 5.04 Å². The van der Waals surface area contributed by atoms with Crippen molar-refractivity contribution in [1.82, 2.24) is 9.97 Å². The summed E-state index contributed by atoms with van der Waals surface area (Å²) in [5.74, 6) is 1.60. The van der Waals surface area contributed by atoms with Gasteiger partial charge in [0.05, 0.1) is 19.5 Å². The lowest BCUT2D eigenvalue weighted by Gasteiger charge is -2.38. The van der Waals surface area contributed by atoms with Gasteiger partial charge in [0.2, 0.25) is 0 Å². The van der Waals surface area contributed by atoms with Gasteiger partial charge in [-0.05, 0) is 98.6 Å². The highest BCUT2D eigenvalue weighted by Crippen LogP contribution is 2.42. The van der Waals surface area contributed by atoms with Crippen molar-refractivity contribution in [1.29, 1.82) is 0 Å². The van der Waals surface area contributed by atoms with Gasteiger partial charge in [-0.1, -0.05) is 150 Å². The van der Waals surface area contributed by atoms with E-state index in [0.29, 0.717) is 0 Å². The van der Waals surface area contributed by atoms with Crippen molar-refractivity contribution in [2.45, 2.75) is 64.2 Å². The van der Waals surface area contributed by atoms with Gasteiger partial charge in [-0.2, -0.15) is 0 Å². The molecule has 55 heavy (non-hydrogen) atoms. The van der Waals surface area contributed by atoms with Crippen LogP contribution in [0.25, 0.3) is 55.9 Å². The molecule has 0 bridgehead atoms. The van der Waals surface area contributed by atoms with Gasteiger partial charge < -0.3 is 4.74 Å². The SMILES string of the molecule is CC(C)(c1cc(Oc2cccc(-c3cc(C[Si](C)(C)C)ccn3)c2)cc(-c2ccc(-c3c(-c4ccccc4)cccc3-c3ccccc3)cn2)c1)[Si](C)(C)C. The number of ether oxygens (including phenoxy) is 1. The van der Waals surface area contributed by atoms with Crippen LogP contribution in [0.5, 0.6) is 11.5 Å².